The van der Waals surface area contributed by atoms with Crippen LogP contribution in [0.4, 0.5) is 24.5 Å². The van der Waals surface area contributed by atoms with E-state index in [2.05, 4.69) is 20.8 Å². The number of aromatic nitrogens is 2. The Kier molecular flexibility index (Phi) is 8.66. The molecule has 3 aromatic rings. The summed E-state index contributed by atoms with van der Waals surface area (Å²) in [5.74, 6) is -5.16. The molecule has 1 heterocycles. The standard InChI is InChI=1S/C18H18F2N4O4.C6H6FN/c19-11-2-1-3-12(20)14(11)16(25)23-13-8-21-24-15(13)17(26)22-10-6-4-9(5-7-10)18(27)28;7-5-1-3-6(8)4-2-5/h1-3,8-10H,4-7H2,(H,21,24)(H,22,26)(H,23,25)(H,27,28);1-4H,8H2. The van der Waals surface area contributed by atoms with Gasteiger partial charge in [0, 0.05) is 11.7 Å². The van der Waals surface area contributed by atoms with E-state index in [1.165, 1.54) is 24.3 Å². The molecule has 1 saturated carbocycles. The zero-order chi connectivity index (χ0) is 26.2. The minimum absolute atomic E-state index is 0.0237. The molecule has 2 amide bonds. The molecule has 6 N–H and O–H groups in total. The van der Waals surface area contributed by atoms with Crippen molar-refractivity contribution >= 4 is 29.2 Å². The molecule has 4 rings (SSSR count). The van der Waals surface area contributed by atoms with Gasteiger partial charge < -0.3 is 21.5 Å². The molecule has 0 atom stereocenters. The third-order valence-corrected chi connectivity index (χ3v) is 5.59. The van der Waals surface area contributed by atoms with Crippen molar-refractivity contribution in [3.63, 3.8) is 0 Å². The van der Waals surface area contributed by atoms with Crippen LogP contribution in [-0.4, -0.2) is 39.1 Å². The fourth-order valence-electron chi connectivity index (χ4n) is 3.66. The highest BCUT2D eigenvalue weighted by molar-refractivity contribution is 6.08. The monoisotopic (exact) mass is 503 g/mol. The second-order valence-electron chi connectivity index (χ2n) is 8.12. The highest BCUT2D eigenvalue weighted by atomic mass is 19.1. The van der Waals surface area contributed by atoms with E-state index in [0.29, 0.717) is 31.4 Å². The van der Waals surface area contributed by atoms with Crippen LogP contribution in [0.3, 0.4) is 0 Å². The highest BCUT2D eigenvalue weighted by Crippen LogP contribution is 2.25. The summed E-state index contributed by atoms with van der Waals surface area (Å²) >= 11 is 0. The highest BCUT2D eigenvalue weighted by Gasteiger charge is 2.28. The van der Waals surface area contributed by atoms with Crippen LogP contribution in [0.1, 0.15) is 46.5 Å². The number of nitrogens with one attached hydrogen (secondary N) is 3. The van der Waals surface area contributed by atoms with Crippen LogP contribution < -0.4 is 16.4 Å². The molecule has 1 aliphatic rings. The summed E-state index contributed by atoms with van der Waals surface area (Å²) in [6.45, 7) is 0. The summed E-state index contributed by atoms with van der Waals surface area (Å²) in [5.41, 5.74) is 5.00. The lowest BCUT2D eigenvalue weighted by Gasteiger charge is -2.26. The molecule has 9 nitrogen and oxygen atoms in total. The largest absolute Gasteiger partial charge is 0.481 e. The molecule has 36 heavy (non-hydrogen) atoms. The summed E-state index contributed by atoms with van der Waals surface area (Å²) in [7, 11) is 0. The number of halogens is 3. The molecule has 12 heteroatoms. The van der Waals surface area contributed by atoms with Crippen LogP contribution >= 0.6 is 0 Å². The minimum atomic E-state index is -1.05. The molecular formula is C24H24F3N5O4. The summed E-state index contributed by atoms with van der Waals surface area (Å²) in [4.78, 5) is 35.7. The Morgan fingerprint density at radius 3 is 2.11 bits per heavy atom. The first-order chi connectivity index (χ1) is 17.2. The Hall–Kier alpha value is -4.35. The van der Waals surface area contributed by atoms with E-state index in [0.717, 1.165) is 24.4 Å². The number of carbonyl (C=O) groups is 3. The number of benzene rings is 2. The first-order valence-corrected chi connectivity index (χ1v) is 11.0. The van der Waals surface area contributed by atoms with Gasteiger partial charge in [-0.25, -0.2) is 13.2 Å². The number of carbonyl (C=O) groups excluding carboxylic acids is 2. The van der Waals surface area contributed by atoms with Crippen LogP contribution in [0.2, 0.25) is 0 Å². The number of nitrogens with zero attached hydrogens (tertiary/aromatic N) is 1. The first kappa shape index (κ1) is 26.3. The van der Waals surface area contributed by atoms with Crippen molar-refractivity contribution in [3.05, 3.63) is 77.4 Å². The predicted molar refractivity (Wildman–Crippen MR) is 125 cm³/mol. The van der Waals surface area contributed by atoms with Crippen LogP contribution in [0.25, 0.3) is 0 Å². The molecular weight excluding hydrogens is 479 g/mol. The molecule has 0 unspecified atom stereocenters. The van der Waals surface area contributed by atoms with Gasteiger partial charge in [0.25, 0.3) is 11.8 Å². The number of aliphatic carboxylic acids is 1. The number of rotatable bonds is 5. The zero-order valence-corrected chi connectivity index (χ0v) is 18.9. The lowest BCUT2D eigenvalue weighted by Crippen LogP contribution is -2.39. The Labute approximate surface area is 203 Å². The van der Waals surface area contributed by atoms with Crippen LogP contribution in [0.15, 0.2) is 48.7 Å². The maximum absolute atomic E-state index is 13.7. The Morgan fingerprint density at radius 1 is 0.944 bits per heavy atom. The number of hydrogen-bond donors (Lipinski definition) is 5. The van der Waals surface area contributed by atoms with E-state index in [1.807, 2.05) is 0 Å². The quantitative estimate of drug-likeness (QED) is 0.335. The molecule has 190 valence electrons. The van der Waals surface area contributed by atoms with Gasteiger partial charge in [-0.2, -0.15) is 5.10 Å². The number of hydrogen-bond acceptors (Lipinski definition) is 5. The molecule has 0 saturated heterocycles. The zero-order valence-electron chi connectivity index (χ0n) is 18.9. The molecule has 0 aliphatic heterocycles. The second kappa shape index (κ2) is 11.9. The van der Waals surface area contributed by atoms with Crippen molar-refractivity contribution in [3.8, 4) is 0 Å². The molecule has 2 aromatic carbocycles. The van der Waals surface area contributed by atoms with Gasteiger partial charge in [0.1, 0.15) is 28.7 Å². The van der Waals surface area contributed by atoms with Crippen molar-refractivity contribution in [2.24, 2.45) is 5.92 Å². The molecule has 1 aromatic heterocycles. The number of amides is 2. The van der Waals surface area contributed by atoms with E-state index < -0.39 is 40.9 Å². The lowest BCUT2D eigenvalue weighted by atomic mass is 9.86. The van der Waals surface area contributed by atoms with Crippen molar-refractivity contribution < 1.29 is 32.7 Å². The van der Waals surface area contributed by atoms with Crippen LogP contribution in [0, 0.1) is 23.4 Å². The number of anilines is 2. The van der Waals surface area contributed by atoms with Gasteiger partial charge in [-0.3, -0.25) is 19.5 Å². The third-order valence-electron chi connectivity index (χ3n) is 5.59. The Bertz CT molecular complexity index is 1180. The average Bonchev–Trinajstić information content (AvgIpc) is 3.30. The van der Waals surface area contributed by atoms with Gasteiger partial charge in [0.2, 0.25) is 0 Å². The fraction of sp³-hybridized carbons (Fsp3) is 0.250. The number of nitrogen functional groups attached to an aromatic ring is 1. The molecule has 0 radical (unpaired) electrons. The number of nitrogens with two attached hydrogens (primary N) is 1. The Balaban J connectivity index is 0.000000383. The van der Waals surface area contributed by atoms with Crippen molar-refractivity contribution in [2.75, 3.05) is 11.1 Å². The van der Waals surface area contributed by atoms with E-state index in [-0.39, 0.29) is 23.2 Å². The first-order valence-electron chi connectivity index (χ1n) is 11.0. The van der Waals surface area contributed by atoms with Gasteiger partial charge >= 0.3 is 5.97 Å². The van der Waals surface area contributed by atoms with E-state index in [1.54, 1.807) is 0 Å². The normalized spacial score (nSPS) is 16.9. The molecule has 0 bridgehead atoms. The van der Waals surface area contributed by atoms with Crippen molar-refractivity contribution in [2.45, 2.75) is 31.7 Å². The summed E-state index contributed by atoms with van der Waals surface area (Å²) in [6.07, 6.45) is 3.10. The maximum atomic E-state index is 13.7. The summed E-state index contributed by atoms with van der Waals surface area (Å²) in [5, 5.41) is 20.2. The molecule has 1 aliphatic carbocycles. The van der Waals surface area contributed by atoms with Crippen molar-refractivity contribution in [1.29, 1.82) is 0 Å². The predicted octanol–water partition coefficient (Wildman–Crippen LogP) is 3.72. The molecule has 1 fully saturated rings. The number of aromatic amines is 1. The van der Waals surface area contributed by atoms with Gasteiger partial charge in [-0.1, -0.05) is 6.07 Å². The van der Waals surface area contributed by atoms with Gasteiger partial charge in [0.05, 0.1) is 17.8 Å². The van der Waals surface area contributed by atoms with Gasteiger partial charge in [-0.15, -0.1) is 0 Å². The van der Waals surface area contributed by atoms with E-state index in [9.17, 15) is 27.6 Å². The van der Waals surface area contributed by atoms with Crippen LogP contribution in [-0.2, 0) is 4.79 Å². The fourth-order valence-corrected chi connectivity index (χ4v) is 3.66. The SMILES string of the molecule is Nc1ccc(F)cc1.O=C(NC1CCC(C(=O)O)CC1)c1[nH]ncc1NC(=O)c1c(F)cccc1F. The number of H-pyrrole nitrogens is 1. The number of carboxylic acids is 1. The van der Waals surface area contributed by atoms with E-state index in [4.69, 9.17) is 10.8 Å². The summed E-state index contributed by atoms with van der Waals surface area (Å²) in [6, 6.07) is 8.54. The van der Waals surface area contributed by atoms with Gasteiger partial charge in [0.15, 0.2) is 0 Å². The summed E-state index contributed by atoms with van der Waals surface area (Å²) < 4.78 is 39.5. The minimum Gasteiger partial charge on any atom is -0.481 e. The van der Waals surface area contributed by atoms with Crippen LogP contribution in [0.5, 0.6) is 0 Å². The van der Waals surface area contributed by atoms with Crippen molar-refractivity contribution in [1.82, 2.24) is 15.5 Å². The smallest absolute Gasteiger partial charge is 0.306 e. The topological polar surface area (TPSA) is 150 Å². The average molecular weight is 503 g/mol. The maximum Gasteiger partial charge on any atom is 0.306 e. The van der Waals surface area contributed by atoms with Gasteiger partial charge in [-0.05, 0) is 62.1 Å². The number of carboxylic acid groups (broad SMARTS) is 1. The third kappa shape index (κ3) is 6.84. The van der Waals surface area contributed by atoms with E-state index >= 15 is 0 Å². The Morgan fingerprint density at radius 2 is 1.56 bits per heavy atom. The molecule has 0 spiro atoms. The second-order valence-corrected chi connectivity index (χ2v) is 8.12. The lowest BCUT2D eigenvalue weighted by molar-refractivity contribution is -0.142.